The van der Waals surface area contributed by atoms with Crippen molar-refractivity contribution in [3.8, 4) is 0 Å². The molecule has 0 aliphatic rings. The molecular weight excluding hydrogens is 320 g/mol. The smallest absolute Gasteiger partial charge is 0.175 e. The minimum atomic E-state index is -3.13. The quantitative estimate of drug-likeness (QED) is 0.783. The molecule has 0 heterocycles. The number of alkyl halides is 1. The Labute approximate surface area is 94.5 Å². The molecule has 5 heteroatoms. The fourth-order valence-electron chi connectivity index (χ4n) is 0.984. The van der Waals surface area contributed by atoms with Crippen LogP contribution in [0.15, 0.2) is 27.6 Å². The predicted molar refractivity (Wildman–Crippen MR) is 59.9 cm³/mol. The van der Waals surface area contributed by atoms with Crippen molar-refractivity contribution in [3.63, 3.8) is 0 Å². The summed E-state index contributed by atoms with van der Waals surface area (Å²) in [7, 11) is -3.13. The highest BCUT2D eigenvalue weighted by atomic mass is 79.9. The highest BCUT2D eigenvalue weighted by molar-refractivity contribution is 9.10. The monoisotopic (exact) mass is 326 g/mol. The zero-order valence-electron chi connectivity index (χ0n) is 6.92. The molecule has 0 spiro atoms. The molecule has 1 rings (SSSR count). The van der Waals surface area contributed by atoms with Crippen molar-refractivity contribution in [2.24, 2.45) is 0 Å². The van der Waals surface area contributed by atoms with Crippen molar-refractivity contribution in [2.75, 3.05) is 6.26 Å². The molecule has 72 valence electrons. The molecule has 0 aliphatic carbocycles. The van der Waals surface area contributed by atoms with Crippen molar-refractivity contribution in [3.05, 3.63) is 28.2 Å². The van der Waals surface area contributed by atoms with E-state index in [2.05, 4.69) is 31.9 Å². The minimum Gasteiger partial charge on any atom is -0.224 e. The average molecular weight is 328 g/mol. The maximum atomic E-state index is 11.3. The van der Waals surface area contributed by atoms with E-state index in [1.54, 1.807) is 12.1 Å². The van der Waals surface area contributed by atoms with Crippen LogP contribution in [0.25, 0.3) is 0 Å². The van der Waals surface area contributed by atoms with E-state index in [1.807, 2.05) is 6.07 Å². The summed E-state index contributed by atoms with van der Waals surface area (Å²) in [5.74, 6) is 0. The first kappa shape index (κ1) is 11.2. The Morgan fingerprint density at radius 2 is 2.00 bits per heavy atom. The number of sulfone groups is 1. The average Bonchev–Trinajstić information content (AvgIpc) is 2.03. The van der Waals surface area contributed by atoms with Crippen LogP contribution in [-0.2, 0) is 15.2 Å². The molecule has 0 fully saturated rings. The van der Waals surface area contributed by atoms with Gasteiger partial charge in [-0.2, -0.15) is 0 Å². The molecule has 0 aromatic heterocycles. The highest BCUT2D eigenvalue weighted by Gasteiger charge is 2.12. The Hall–Kier alpha value is 0.130. The van der Waals surface area contributed by atoms with E-state index in [1.165, 1.54) is 6.26 Å². The van der Waals surface area contributed by atoms with E-state index in [-0.39, 0.29) is 0 Å². The van der Waals surface area contributed by atoms with Gasteiger partial charge in [-0.15, -0.1) is 0 Å². The maximum Gasteiger partial charge on any atom is 0.175 e. The Balaban J connectivity index is 3.41. The van der Waals surface area contributed by atoms with Gasteiger partial charge in [0.1, 0.15) is 0 Å². The van der Waals surface area contributed by atoms with Crippen LogP contribution in [0.1, 0.15) is 5.56 Å². The lowest BCUT2D eigenvalue weighted by atomic mass is 10.2. The first-order valence-corrected chi connectivity index (χ1v) is 7.30. The molecule has 1 aromatic rings. The molecule has 13 heavy (non-hydrogen) atoms. The van der Waals surface area contributed by atoms with E-state index < -0.39 is 9.84 Å². The second kappa shape index (κ2) is 4.11. The zero-order chi connectivity index (χ0) is 10.1. The molecule has 1 aromatic carbocycles. The molecule has 2 nitrogen and oxygen atoms in total. The predicted octanol–water partition coefficient (Wildman–Crippen LogP) is 2.75. The van der Waals surface area contributed by atoms with Gasteiger partial charge in [-0.05, 0) is 17.7 Å². The van der Waals surface area contributed by atoms with Crippen LogP contribution in [-0.4, -0.2) is 14.7 Å². The first-order valence-electron chi connectivity index (χ1n) is 3.49. The van der Waals surface area contributed by atoms with Crippen molar-refractivity contribution < 1.29 is 8.42 Å². The Morgan fingerprint density at radius 3 is 2.46 bits per heavy atom. The molecule has 0 unspecified atom stereocenters. The van der Waals surface area contributed by atoms with E-state index in [0.717, 1.165) is 10.0 Å². The van der Waals surface area contributed by atoms with Gasteiger partial charge in [-0.1, -0.05) is 37.9 Å². The standard InChI is InChI=1S/C8H8Br2O2S/c1-13(11,12)8-4-7(10)3-2-6(8)5-9/h2-4H,5H2,1H3. The molecule has 0 bridgehead atoms. The summed E-state index contributed by atoms with van der Waals surface area (Å²) in [6.07, 6.45) is 1.21. The Morgan fingerprint density at radius 1 is 1.38 bits per heavy atom. The molecular formula is C8H8Br2O2S. The lowest BCUT2D eigenvalue weighted by Crippen LogP contribution is -2.01. The summed E-state index contributed by atoms with van der Waals surface area (Å²) in [5, 5.41) is 0.544. The molecule has 0 amide bonds. The summed E-state index contributed by atoms with van der Waals surface area (Å²) >= 11 is 6.48. The van der Waals surface area contributed by atoms with Gasteiger partial charge in [0, 0.05) is 16.1 Å². The van der Waals surface area contributed by atoms with Crippen LogP contribution in [0, 0.1) is 0 Å². The van der Waals surface area contributed by atoms with Gasteiger partial charge >= 0.3 is 0 Å². The van der Waals surface area contributed by atoms with E-state index in [0.29, 0.717) is 10.2 Å². The summed E-state index contributed by atoms with van der Waals surface area (Å²) in [6, 6.07) is 5.23. The third-order valence-electron chi connectivity index (χ3n) is 1.57. The van der Waals surface area contributed by atoms with Gasteiger partial charge in [-0.3, -0.25) is 0 Å². The lowest BCUT2D eigenvalue weighted by Gasteiger charge is -2.04. The van der Waals surface area contributed by atoms with Gasteiger partial charge in [0.25, 0.3) is 0 Å². The van der Waals surface area contributed by atoms with E-state index in [9.17, 15) is 8.42 Å². The first-order chi connectivity index (χ1) is 5.95. The largest absolute Gasteiger partial charge is 0.224 e. The fourth-order valence-corrected chi connectivity index (χ4v) is 3.13. The van der Waals surface area contributed by atoms with Gasteiger partial charge in [0.15, 0.2) is 9.84 Å². The summed E-state index contributed by atoms with van der Waals surface area (Å²) in [4.78, 5) is 0.374. The molecule has 0 atom stereocenters. The van der Waals surface area contributed by atoms with Crippen LogP contribution in [0.3, 0.4) is 0 Å². The van der Waals surface area contributed by atoms with Crippen LogP contribution >= 0.6 is 31.9 Å². The van der Waals surface area contributed by atoms with Crippen molar-refractivity contribution in [1.82, 2.24) is 0 Å². The molecule has 0 N–H and O–H groups in total. The number of benzene rings is 1. The van der Waals surface area contributed by atoms with Crippen molar-refractivity contribution >= 4 is 41.7 Å². The molecule has 0 saturated carbocycles. The van der Waals surface area contributed by atoms with Crippen molar-refractivity contribution in [2.45, 2.75) is 10.2 Å². The third kappa shape index (κ3) is 2.79. The second-order valence-corrected chi connectivity index (χ2v) is 6.12. The number of hydrogen-bond acceptors (Lipinski definition) is 2. The zero-order valence-corrected chi connectivity index (χ0v) is 10.9. The topological polar surface area (TPSA) is 34.1 Å². The minimum absolute atomic E-state index is 0.374. The fraction of sp³-hybridized carbons (Fsp3) is 0.250. The lowest BCUT2D eigenvalue weighted by molar-refractivity contribution is 0.601. The van der Waals surface area contributed by atoms with Gasteiger partial charge in [0.2, 0.25) is 0 Å². The molecule has 0 aliphatic heterocycles. The van der Waals surface area contributed by atoms with Crippen LogP contribution in [0.5, 0.6) is 0 Å². The van der Waals surface area contributed by atoms with E-state index >= 15 is 0 Å². The normalized spacial score (nSPS) is 11.6. The van der Waals surface area contributed by atoms with Crippen LogP contribution < -0.4 is 0 Å². The molecule has 0 radical (unpaired) electrons. The van der Waals surface area contributed by atoms with Gasteiger partial charge < -0.3 is 0 Å². The van der Waals surface area contributed by atoms with E-state index in [4.69, 9.17) is 0 Å². The summed E-state index contributed by atoms with van der Waals surface area (Å²) in [5.41, 5.74) is 0.783. The highest BCUT2D eigenvalue weighted by Crippen LogP contribution is 2.22. The molecule has 0 saturated heterocycles. The number of halogens is 2. The Kier molecular flexibility index (Phi) is 3.54. The second-order valence-electron chi connectivity index (χ2n) is 2.66. The Bertz CT molecular complexity index is 412. The van der Waals surface area contributed by atoms with Crippen molar-refractivity contribution in [1.29, 1.82) is 0 Å². The maximum absolute atomic E-state index is 11.3. The summed E-state index contributed by atoms with van der Waals surface area (Å²) in [6.45, 7) is 0. The SMILES string of the molecule is CS(=O)(=O)c1cc(Br)ccc1CBr. The number of hydrogen-bond donors (Lipinski definition) is 0. The number of rotatable bonds is 2. The van der Waals surface area contributed by atoms with Gasteiger partial charge in [-0.25, -0.2) is 8.42 Å². The van der Waals surface area contributed by atoms with Crippen LogP contribution in [0.4, 0.5) is 0 Å². The third-order valence-corrected chi connectivity index (χ3v) is 3.85. The van der Waals surface area contributed by atoms with Crippen LogP contribution in [0.2, 0.25) is 0 Å². The van der Waals surface area contributed by atoms with Gasteiger partial charge in [0.05, 0.1) is 4.90 Å². The summed E-state index contributed by atoms with van der Waals surface area (Å²) < 4.78 is 23.4.